The van der Waals surface area contributed by atoms with Gasteiger partial charge < -0.3 is 20.5 Å². The van der Waals surface area contributed by atoms with Gasteiger partial charge in [0.2, 0.25) is 11.8 Å². The molecule has 3 N–H and O–H groups in total. The minimum absolute atomic E-state index is 0.323. The molecule has 1 fully saturated rings. The van der Waals surface area contributed by atoms with Gasteiger partial charge >= 0.3 is 0 Å². The average molecular weight is 543 g/mol. The van der Waals surface area contributed by atoms with Crippen LogP contribution in [-0.2, 0) is 14.4 Å². The first kappa shape index (κ1) is 29.0. The summed E-state index contributed by atoms with van der Waals surface area (Å²) in [4.78, 5) is 41.4. The van der Waals surface area contributed by atoms with E-state index in [-0.39, 0.29) is 6.42 Å². The molecule has 1 aliphatic rings. The molecular formula is C33H38N2O5. The molecule has 4 atom stereocenters. The quantitative estimate of drug-likeness (QED) is 0.336. The van der Waals surface area contributed by atoms with Crippen LogP contribution in [0.4, 0.5) is 11.4 Å². The molecule has 0 bridgehead atoms. The Hall–Kier alpha value is -3.97. The van der Waals surface area contributed by atoms with Crippen molar-refractivity contribution in [2.75, 3.05) is 17.2 Å². The minimum Gasteiger partial charge on any atom is -0.494 e. The summed E-state index contributed by atoms with van der Waals surface area (Å²) in [6.07, 6.45) is -0.323. The lowest BCUT2D eigenvalue weighted by molar-refractivity contribution is -0.150. The van der Waals surface area contributed by atoms with Gasteiger partial charge in [0, 0.05) is 23.7 Å². The molecule has 0 spiro atoms. The van der Waals surface area contributed by atoms with Crippen molar-refractivity contribution in [2.24, 2.45) is 11.8 Å². The van der Waals surface area contributed by atoms with E-state index in [2.05, 4.69) is 10.6 Å². The van der Waals surface area contributed by atoms with Crippen LogP contribution in [0.15, 0.2) is 60.7 Å². The SMILES string of the molecule is CCOc1ccc(C2C(C(=O)Nc3cc(C)ccc3C)C(=O)CC(C)(O)C2C(=O)Nc2cc(C)ccc2C)cc1. The number of Topliss-reactive ketones (excluding diaryl/α,β-unsaturated/α-hetero) is 1. The predicted molar refractivity (Wildman–Crippen MR) is 157 cm³/mol. The molecular weight excluding hydrogens is 504 g/mol. The first-order chi connectivity index (χ1) is 18.9. The number of ether oxygens (including phenoxy) is 1. The van der Waals surface area contributed by atoms with Crippen molar-refractivity contribution in [3.63, 3.8) is 0 Å². The summed E-state index contributed by atoms with van der Waals surface area (Å²) in [7, 11) is 0. The van der Waals surface area contributed by atoms with Gasteiger partial charge in [-0.15, -0.1) is 0 Å². The topological polar surface area (TPSA) is 105 Å². The fraction of sp³-hybridized carbons (Fsp3) is 0.364. The fourth-order valence-corrected chi connectivity index (χ4v) is 5.61. The van der Waals surface area contributed by atoms with Crippen molar-refractivity contribution in [3.8, 4) is 5.75 Å². The number of carbonyl (C=O) groups is 3. The Kier molecular flexibility index (Phi) is 8.45. The van der Waals surface area contributed by atoms with Gasteiger partial charge in [-0.1, -0.05) is 36.4 Å². The van der Waals surface area contributed by atoms with Crippen molar-refractivity contribution in [1.29, 1.82) is 0 Å². The summed E-state index contributed by atoms with van der Waals surface area (Å²) in [5, 5.41) is 17.5. The van der Waals surface area contributed by atoms with E-state index >= 15 is 0 Å². The normalized spacial score (nSPS) is 22.5. The smallest absolute Gasteiger partial charge is 0.235 e. The summed E-state index contributed by atoms with van der Waals surface area (Å²) in [5.41, 5.74) is 3.81. The van der Waals surface area contributed by atoms with Crippen LogP contribution in [0.25, 0.3) is 0 Å². The van der Waals surface area contributed by atoms with Crippen LogP contribution >= 0.6 is 0 Å². The molecule has 3 aromatic rings. The van der Waals surface area contributed by atoms with Crippen LogP contribution in [-0.4, -0.2) is 34.9 Å². The minimum atomic E-state index is -1.68. The summed E-state index contributed by atoms with van der Waals surface area (Å²) in [6, 6.07) is 18.5. The zero-order chi connectivity index (χ0) is 29.2. The standard InChI is InChI=1S/C33H38N2O5/c1-7-40-24-14-12-23(13-15-24)28-29(31(37)34-25-16-19(2)8-10-21(25)4)27(36)18-33(6,39)30(28)32(38)35-26-17-20(3)9-11-22(26)5/h8-17,28-30,39H,7,18H2,1-6H3,(H,34,37)(H,35,38). The molecule has 1 saturated carbocycles. The third-order valence-corrected chi connectivity index (χ3v) is 7.71. The first-order valence-electron chi connectivity index (χ1n) is 13.7. The molecule has 3 aromatic carbocycles. The number of hydrogen-bond acceptors (Lipinski definition) is 5. The Balaban J connectivity index is 1.79. The van der Waals surface area contributed by atoms with E-state index in [0.717, 1.165) is 22.3 Å². The van der Waals surface area contributed by atoms with Crippen molar-refractivity contribution in [1.82, 2.24) is 0 Å². The second kappa shape index (κ2) is 11.6. The van der Waals surface area contributed by atoms with Crippen molar-refractivity contribution >= 4 is 29.0 Å². The Morgan fingerprint density at radius 3 is 1.93 bits per heavy atom. The summed E-state index contributed by atoms with van der Waals surface area (Å²) in [6.45, 7) is 11.5. The lowest BCUT2D eigenvalue weighted by atomic mass is 9.61. The highest BCUT2D eigenvalue weighted by Crippen LogP contribution is 2.47. The summed E-state index contributed by atoms with van der Waals surface area (Å²) >= 11 is 0. The van der Waals surface area contributed by atoms with E-state index in [0.29, 0.717) is 29.3 Å². The number of nitrogens with one attached hydrogen (secondary N) is 2. The van der Waals surface area contributed by atoms with Crippen LogP contribution in [0.3, 0.4) is 0 Å². The fourth-order valence-electron chi connectivity index (χ4n) is 5.61. The summed E-state index contributed by atoms with van der Waals surface area (Å²) < 4.78 is 5.59. The highest BCUT2D eigenvalue weighted by molar-refractivity contribution is 6.10. The monoisotopic (exact) mass is 542 g/mol. The van der Waals surface area contributed by atoms with Crippen LogP contribution in [0, 0.1) is 39.5 Å². The number of aryl methyl sites for hydroxylation is 4. The molecule has 0 heterocycles. The van der Waals surface area contributed by atoms with Crippen LogP contribution < -0.4 is 15.4 Å². The van der Waals surface area contributed by atoms with Crippen LogP contribution in [0.2, 0.25) is 0 Å². The number of ketones is 1. The highest BCUT2D eigenvalue weighted by Gasteiger charge is 2.56. The van der Waals surface area contributed by atoms with E-state index < -0.39 is 41.0 Å². The number of aliphatic hydroxyl groups is 1. The third kappa shape index (κ3) is 6.10. The predicted octanol–water partition coefficient (Wildman–Crippen LogP) is 5.64. The molecule has 0 aromatic heterocycles. The third-order valence-electron chi connectivity index (χ3n) is 7.71. The zero-order valence-electron chi connectivity index (χ0n) is 24.0. The molecule has 0 saturated heterocycles. The lowest BCUT2D eigenvalue weighted by Crippen LogP contribution is -2.56. The highest BCUT2D eigenvalue weighted by atomic mass is 16.5. The lowest BCUT2D eigenvalue weighted by Gasteiger charge is -2.44. The van der Waals surface area contributed by atoms with Crippen LogP contribution in [0.1, 0.15) is 54.0 Å². The maximum atomic E-state index is 14.0. The molecule has 4 rings (SSSR count). The number of carbonyl (C=O) groups excluding carboxylic acids is 3. The maximum absolute atomic E-state index is 14.0. The van der Waals surface area contributed by atoms with Gasteiger partial charge in [0.05, 0.1) is 18.1 Å². The van der Waals surface area contributed by atoms with E-state index in [1.165, 1.54) is 6.92 Å². The van der Waals surface area contributed by atoms with Gasteiger partial charge in [0.1, 0.15) is 17.5 Å². The molecule has 210 valence electrons. The van der Waals surface area contributed by atoms with Gasteiger partial charge in [-0.2, -0.15) is 0 Å². The Bertz CT molecular complexity index is 1430. The van der Waals surface area contributed by atoms with Crippen molar-refractivity contribution < 1.29 is 24.2 Å². The first-order valence-corrected chi connectivity index (χ1v) is 13.7. The molecule has 7 heteroatoms. The van der Waals surface area contributed by atoms with Gasteiger partial charge in [-0.25, -0.2) is 0 Å². The van der Waals surface area contributed by atoms with E-state index in [4.69, 9.17) is 4.74 Å². The van der Waals surface area contributed by atoms with Gasteiger partial charge in [0.15, 0.2) is 0 Å². The molecule has 4 unspecified atom stereocenters. The zero-order valence-corrected chi connectivity index (χ0v) is 24.0. The Morgan fingerprint density at radius 1 is 0.875 bits per heavy atom. The second-order valence-corrected chi connectivity index (χ2v) is 11.1. The number of anilines is 2. The number of benzene rings is 3. The average Bonchev–Trinajstić information content (AvgIpc) is 2.88. The molecule has 40 heavy (non-hydrogen) atoms. The van der Waals surface area contributed by atoms with E-state index in [1.54, 1.807) is 24.3 Å². The largest absolute Gasteiger partial charge is 0.494 e. The molecule has 0 aliphatic heterocycles. The van der Waals surface area contributed by atoms with Gasteiger partial charge in [0.25, 0.3) is 0 Å². The second-order valence-electron chi connectivity index (χ2n) is 11.1. The van der Waals surface area contributed by atoms with Crippen molar-refractivity contribution in [2.45, 2.75) is 59.5 Å². The van der Waals surface area contributed by atoms with Gasteiger partial charge in [-0.05, 0) is 93.6 Å². The number of rotatable bonds is 7. The van der Waals surface area contributed by atoms with E-state index in [1.807, 2.05) is 71.0 Å². The Labute approximate surface area is 236 Å². The maximum Gasteiger partial charge on any atom is 0.235 e. The number of hydrogen-bond donors (Lipinski definition) is 3. The molecule has 2 amide bonds. The number of amides is 2. The van der Waals surface area contributed by atoms with Crippen LogP contribution in [0.5, 0.6) is 5.75 Å². The Morgan fingerprint density at radius 2 is 1.40 bits per heavy atom. The molecule has 0 radical (unpaired) electrons. The summed E-state index contributed by atoms with van der Waals surface area (Å²) in [5.74, 6) is -3.92. The molecule has 1 aliphatic carbocycles. The van der Waals surface area contributed by atoms with Gasteiger partial charge in [-0.3, -0.25) is 14.4 Å². The van der Waals surface area contributed by atoms with Crippen molar-refractivity contribution in [3.05, 3.63) is 88.5 Å². The molecule has 7 nitrogen and oxygen atoms in total. The van der Waals surface area contributed by atoms with E-state index in [9.17, 15) is 19.5 Å².